The maximum Gasteiger partial charge on any atom is 0.263 e. The molecular weight excluding hydrogens is 466 g/mol. The van der Waals surface area contributed by atoms with Gasteiger partial charge in [0.15, 0.2) is 0 Å². The molecular formula is C25H29N5O2S2. The minimum absolute atomic E-state index is 0.112. The number of fused-ring (bicyclic) bond motifs is 4. The molecule has 2 aliphatic rings. The van der Waals surface area contributed by atoms with Crippen LogP contribution in [-0.2, 0) is 43.6 Å². The highest BCUT2D eigenvalue weighted by atomic mass is 32.1. The minimum Gasteiger partial charge on any atom is -0.315 e. The summed E-state index contributed by atoms with van der Waals surface area (Å²) >= 11 is 3.13. The van der Waals surface area contributed by atoms with Crippen molar-refractivity contribution in [1.29, 1.82) is 5.26 Å². The van der Waals surface area contributed by atoms with E-state index in [9.17, 15) is 14.9 Å². The number of thiophene rings is 2. The lowest BCUT2D eigenvalue weighted by atomic mass is 9.89. The van der Waals surface area contributed by atoms with Gasteiger partial charge in [0, 0.05) is 9.75 Å². The summed E-state index contributed by atoms with van der Waals surface area (Å²) in [5, 5.41) is 14.0. The zero-order chi connectivity index (χ0) is 24.0. The zero-order valence-corrected chi connectivity index (χ0v) is 21.5. The molecule has 0 bridgehead atoms. The molecule has 1 atom stereocenters. The molecule has 1 unspecified atom stereocenters. The standard InChI is InChI=1S/C25H29N5O2S2/c1-14-8-9-15-17(11-26)23(34-19(15)10-14)28-21(31)13-30-20(12-29(2)3)27-24-22(25(30)32)16-6-4-5-7-18(16)33-24/h14H,4-10,12-13H2,1-3H3,(H,28,31). The Balaban J connectivity index is 1.50. The Labute approximate surface area is 207 Å². The summed E-state index contributed by atoms with van der Waals surface area (Å²) in [6, 6.07) is 2.30. The van der Waals surface area contributed by atoms with Gasteiger partial charge in [0.1, 0.15) is 28.3 Å². The molecule has 0 radical (unpaired) electrons. The second kappa shape index (κ2) is 9.25. The summed E-state index contributed by atoms with van der Waals surface area (Å²) < 4.78 is 1.53. The van der Waals surface area contributed by atoms with Crippen LogP contribution in [0.3, 0.4) is 0 Å². The molecule has 0 aromatic carbocycles. The van der Waals surface area contributed by atoms with E-state index in [0.717, 1.165) is 60.9 Å². The van der Waals surface area contributed by atoms with Crippen molar-refractivity contribution < 1.29 is 4.79 Å². The minimum atomic E-state index is -0.296. The SMILES string of the molecule is CC1CCc2c(sc(NC(=O)Cn3c(CN(C)C)nc4sc5c(c4c3=O)CCCC5)c2C#N)C1. The number of hydrogen-bond acceptors (Lipinski definition) is 7. The number of nitrogens with one attached hydrogen (secondary N) is 1. The van der Waals surface area contributed by atoms with Gasteiger partial charge in [-0.3, -0.25) is 14.2 Å². The molecule has 7 nitrogen and oxygen atoms in total. The molecule has 3 heterocycles. The summed E-state index contributed by atoms with van der Waals surface area (Å²) in [5.74, 6) is 0.884. The van der Waals surface area contributed by atoms with Crippen LogP contribution in [0.4, 0.5) is 5.00 Å². The lowest BCUT2D eigenvalue weighted by molar-refractivity contribution is -0.116. The molecule has 0 saturated heterocycles. The van der Waals surface area contributed by atoms with Crippen LogP contribution in [0.2, 0.25) is 0 Å². The van der Waals surface area contributed by atoms with Crippen molar-refractivity contribution in [3.05, 3.63) is 42.6 Å². The maximum atomic E-state index is 13.7. The molecule has 3 aromatic rings. The highest BCUT2D eigenvalue weighted by molar-refractivity contribution is 7.18. The van der Waals surface area contributed by atoms with Crippen molar-refractivity contribution in [3.63, 3.8) is 0 Å². The fourth-order valence-corrected chi connectivity index (χ4v) is 7.76. The average molecular weight is 496 g/mol. The number of carbonyl (C=O) groups excluding carboxylic acids is 1. The zero-order valence-electron chi connectivity index (χ0n) is 19.9. The van der Waals surface area contributed by atoms with Gasteiger partial charge in [0.05, 0.1) is 17.5 Å². The lowest BCUT2D eigenvalue weighted by Crippen LogP contribution is -2.33. The predicted molar refractivity (Wildman–Crippen MR) is 137 cm³/mol. The lowest BCUT2D eigenvalue weighted by Gasteiger charge is -2.17. The Bertz CT molecular complexity index is 1370. The number of nitriles is 1. The Kier molecular flexibility index (Phi) is 6.32. The van der Waals surface area contributed by atoms with Crippen LogP contribution in [0.5, 0.6) is 0 Å². The Morgan fingerprint density at radius 3 is 2.76 bits per heavy atom. The molecule has 178 valence electrons. The topological polar surface area (TPSA) is 91.0 Å². The number of aryl methyl sites for hydroxylation is 2. The van der Waals surface area contributed by atoms with Gasteiger partial charge in [-0.25, -0.2) is 4.98 Å². The molecule has 3 aromatic heterocycles. The van der Waals surface area contributed by atoms with Gasteiger partial charge in [-0.15, -0.1) is 22.7 Å². The molecule has 1 amide bonds. The molecule has 0 spiro atoms. The number of amides is 1. The second-order valence-corrected chi connectivity index (χ2v) is 12.0. The smallest absolute Gasteiger partial charge is 0.263 e. The number of nitrogens with zero attached hydrogens (tertiary/aromatic N) is 4. The van der Waals surface area contributed by atoms with Gasteiger partial charge in [0.25, 0.3) is 5.56 Å². The normalized spacial score (nSPS) is 17.4. The summed E-state index contributed by atoms with van der Waals surface area (Å²) in [6.45, 7) is 2.58. The molecule has 0 saturated carbocycles. The predicted octanol–water partition coefficient (Wildman–Crippen LogP) is 4.10. The summed E-state index contributed by atoms with van der Waals surface area (Å²) in [4.78, 5) is 36.9. The van der Waals surface area contributed by atoms with E-state index >= 15 is 0 Å². The van der Waals surface area contributed by atoms with Crippen molar-refractivity contribution in [2.24, 2.45) is 5.92 Å². The molecule has 5 rings (SSSR count). The quantitative estimate of drug-likeness (QED) is 0.576. The van der Waals surface area contributed by atoms with Crippen molar-refractivity contribution in [2.75, 3.05) is 19.4 Å². The first-order valence-electron chi connectivity index (χ1n) is 11.9. The van der Waals surface area contributed by atoms with Crippen molar-refractivity contribution >= 4 is 43.8 Å². The van der Waals surface area contributed by atoms with E-state index in [2.05, 4.69) is 18.3 Å². The first kappa shape index (κ1) is 23.2. The van der Waals surface area contributed by atoms with Gasteiger partial charge in [0.2, 0.25) is 5.91 Å². The molecule has 0 fully saturated rings. The van der Waals surface area contributed by atoms with Crippen molar-refractivity contribution in [3.8, 4) is 6.07 Å². The number of rotatable bonds is 5. The Hall–Kier alpha value is -2.54. The summed E-state index contributed by atoms with van der Waals surface area (Å²) in [6.07, 6.45) is 7.01. The van der Waals surface area contributed by atoms with E-state index in [1.807, 2.05) is 19.0 Å². The van der Waals surface area contributed by atoms with E-state index < -0.39 is 0 Å². The summed E-state index contributed by atoms with van der Waals surface area (Å²) in [5.41, 5.74) is 2.67. The van der Waals surface area contributed by atoms with Gasteiger partial charge in [-0.2, -0.15) is 5.26 Å². The van der Waals surface area contributed by atoms with Crippen LogP contribution in [0.25, 0.3) is 10.2 Å². The fraction of sp³-hybridized carbons (Fsp3) is 0.520. The molecule has 2 aliphatic carbocycles. The number of aromatic nitrogens is 2. The van der Waals surface area contributed by atoms with Gasteiger partial charge in [-0.05, 0) is 76.1 Å². The highest BCUT2D eigenvalue weighted by Crippen LogP contribution is 2.39. The van der Waals surface area contributed by atoms with Gasteiger partial charge in [-0.1, -0.05) is 6.92 Å². The van der Waals surface area contributed by atoms with E-state index in [4.69, 9.17) is 4.98 Å². The molecule has 9 heteroatoms. The van der Waals surface area contributed by atoms with Crippen LogP contribution < -0.4 is 10.9 Å². The van der Waals surface area contributed by atoms with E-state index in [-0.39, 0.29) is 18.0 Å². The van der Waals surface area contributed by atoms with E-state index in [1.165, 1.54) is 25.7 Å². The Morgan fingerprint density at radius 2 is 2.00 bits per heavy atom. The summed E-state index contributed by atoms with van der Waals surface area (Å²) in [7, 11) is 3.85. The molecule has 0 aliphatic heterocycles. The average Bonchev–Trinajstić information content (AvgIpc) is 3.32. The number of hydrogen-bond donors (Lipinski definition) is 1. The first-order valence-corrected chi connectivity index (χ1v) is 13.5. The van der Waals surface area contributed by atoms with E-state index in [1.54, 1.807) is 11.3 Å². The van der Waals surface area contributed by atoms with E-state index in [0.29, 0.717) is 34.2 Å². The highest BCUT2D eigenvalue weighted by Gasteiger charge is 2.26. The number of anilines is 1. The van der Waals surface area contributed by atoms with Gasteiger partial charge >= 0.3 is 0 Å². The monoisotopic (exact) mass is 495 g/mol. The molecule has 1 N–H and O–H groups in total. The third-order valence-corrected chi connectivity index (χ3v) is 9.15. The van der Waals surface area contributed by atoms with Crippen LogP contribution >= 0.6 is 22.7 Å². The van der Waals surface area contributed by atoms with Crippen LogP contribution in [-0.4, -0.2) is 34.5 Å². The van der Waals surface area contributed by atoms with Crippen molar-refractivity contribution in [2.45, 2.75) is 65.0 Å². The van der Waals surface area contributed by atoms with Crippen LogP contribution in [0.15, 0.2) is 4.79 Å². The van der Waals surface area contributed by atoms with Crippen molar-refractivity contribution in [1.82, 2.24) is 14.5 Å². The Morgan fingerprint density at radius 1 is 1.21 bits per heavy atom. The fourth-order valence-electron chi connectivity index (χ4n) is 5.11. The van der Waals surface area contributed by atoms with Crippen LogP contribution in [0.1, 0.15) is 58.5 Å². The first-order chi connectivity index (χ1) is 16.4. The largest absolute Gasteiger partial charge is 0.315 e. The maximum absolute atomic E-state index is 13.7. The third-order valence-electron chi connectivity index (χ3n) is 6.79. The molecule has 34 heavy (non-hydrogen) atoms. The van der Waals surface area contributed by atoms with Crippen LogP contribution in [0, 0.1) is 17.2 Å². The third kappa shape index (κ3) is 4.19. The second-order valence-electron chi connectivity index (χ2n) is 9.76. The van der Waals surface area contributed by atoms with Gasteiger partial charge < -0.3 is 10.2 Å². The number of carbonyl (C=O) groups is 1.